The Kier molecular flexibility index (Phi) is 9.29. The van der Waals surface area contributed by atoms with E-state index < -0.39 is 0 Å². The number of rotatable bonds is 8. The maximum atomic E-state index is 8.71. The van der Waals surface area contributed by atoms with Crippen LogP contribution in [0.5, 0.6) is 0 Å². The molecule has 0 aromatic heterocycles. The van der Waals surface area contributed by atoms with Crippen molar-refractivity contribution in [2.75, 3.05) is 0 Å². The molecule has 13 heavy (non-hydrogen) atoms. The second-order valence-electron chi connectivity index (χ2n) is 3.74. The van der Waals surface area contributed by atoms with E-state index in [4.69, 9.17) is 5.11 Å². The lowest BCUT2D eigenvalue weighted by atomic mass is 9.96. The van der Waals surface area contributed by atoms with Gasteiger partial charge in [0.25, 0.3) is 0 Å². The minimum absolute atomic E-state index is 0.608. The second-order valence-corrected chi connectivity index (χ2v) is 3.74. The maximum Gasteiger partial charge on any atom is 0.0754 e. The van der Waals surface area contributed by atoms with E-state index in [1.54, 1.807) is 0 Å². The lowest BCUT2D eigenvalue weighted by molar-refractivity contribution is 0.442. The SMILES string of the molecule is CCCCCC(C=CO)CCCC. The molecule has 0 aromatic carbocycles. The summed E-state index contributed by atoms with van der Waals surface area (Å²) in [7, 11) is 0. The molecule has 78 valence electrons. The highest BCUT2D eigenvalue weighted by atomic mass is 16.2. The molecular weight excluding hydrogens is 160 g/mol. The van der Waals surface area contributed by atoms with Crippen LogP contribution in [0.15, 0.2) is 12.3 Å². The van der Waals surface area contributed by atoms with Crippen LogP contribution >= 0.6 is 0 Å². The summed E-state index contributed by atoms with van der Waals surface area (Å²) in [6.07, 6.45) is 12.1. The highest BCUT2D eigenvalue weighted by Gasteiger charge is 2.03. The van der Waals surface area contributed by atoms with Crippen molar-refractivity contribution in [1.82, 2.24) is 0 Å². The van der Waals surface area contributed by atoms with Crippen LogP contribution in [-0.2, 0) is 0 Å². The average Bonchev–Trinajstić information content (AvgIpc) is 2.14. The molecule has 1 N–H and O–H groups in total. The van der Waals surface area contributed by atoms with Crippen LogP contribution in [0.2, 0.25) is 0 Å². The Morgan fingerprint density at radius 2 is 1.62 bits per heavy atom. The Balaban J connectivity index is 3.54. The predicted molar refractivity (Wildman–Crippen MR) is 58.9 cm³/mol. The van der Waals surface area contributed by atoms with Gasteiger partial charge in [0, 0.05) is 0 Å². The van der Waals surface area contributed by atoms with Crippen LogP contribution in [-0.4, -0.2) is 5.11 Å². The van der Waals surface area contributed by atoms with Gasteiger partial charge in [0.2, 0.25) is 0 Å². The summed E-state index contributed by atoms with van der Waals surface area (Å²) in [5.74, 6) is 0.608. The summed E-state index contributed by atoms with van der Waals surface area (Å²) in [6, 6.07) is 0. The average molecular weight is 184 g/mol. The normalized spacial score (nSPS) is 13.7. The van der Waals surface area contributed by atoms with Gasteiger partial charge in [0.05, 0.1) is 6.26 Å². The fourth-order valence-corrected chi connectivity index (χ4v) is 1.58. The lowest BCUT2D eigenvalue weighted by Crippen LogP contribution is -1.96. The van der Waals surface area contributed by atoms with E-state index in [0.717, 1.165) is 0 Å². The number of aliphatic hydroxyl groups is 1. The topological polar surface area (TPSA) is 20.2 Å². The molecule has 0 spiro atoms. The number of allylic oxidation sites excluding steroid dienone is 1. The van der Waals surface area contributed by atoms with Crippen LogP contribution in [0.25, 0.3) is 0 Å². The molecule has 0 aliphatic rings. The van der Waals surface area contributed by atoms with Gasteiger partial charge in [-0.15, -0.1) is 0 Å². The molecule has 0 radical (unpaired) electrons. The summed E-state index contributed by atoms with van der Waals surface area (Å²) in [5.41, 5.74) is 0. The summed E-state index contributed by atoms with van der Waals surface area (Å²) in [5, 5.41) is 8.71. The Morgan fingerprint density at radius 1 is 1.00 bits per heavy atom. The first-order valence-corrected chi connectivity index (χ1v) is 5.66. The molecule has 0 saturated heterocycles. The van der Waals surface area contributed by atoms with Crippen molar-refractivity contribution >= 4 is 0 Å². The van der Waals surface area contributed by atoms with Crippen molar-refractivity contribution in [3.05, 3.63) is 12.3 Å². The summed E-state index contributed by atoms with van der Waals surface area (Å²) >= 11 is 0. The number of aliphatic hydroxyl groups excluding tert-OH is 1. The molecule has 0 saturated carbocycles. The second kappa shape index (κ2) is 9.63. The van der Waals surface area contributed by atoms with Gasteiger partial charge in [-0.1, -0.05) is 46.0 Å². The minimum atomic E-state index is 0.608. The first kappa shape index (κ1) is 12.5. The van der Waals surface area contributed by atoms with E-state index in [9.17, 15) is 0 Å². The zero-order valence-corrected chi connectivity index (χ0v) is 9.13. The predicted octanol–water partition coefficient (Wildman–Crippen LogP) is 4.44. The molecule has 0 rings (SSSR count). The summed E-state index contributed by atoms with van der Waals surface area (Å²) in [6.45, 7) is 4.44. The largest absolute Gasteiger partial charge is 0.516 e. The van der Waals surface area contributed by atoms with E-state index >= 15 is 0 Å². The van der Waals surface area contributed by atoms with Crippen molar-refractivity contribution in [1.29, 1.82) is 0 Å². The molecular formula is C12H24O. The number of hydrogen-bond acceptors (Lipinski definition) is 1. The van der Waals surface area contributed by atoms with Gasteiger partial charge >= 0.3 is 0 Å². The van der Waals surface area contributed by atoms with E-state index in [0.29, 0.717) is 5.92 Å². The Hall–Kier alpha value is -0.460. The fourth-order valence-electron chi connectivity index (χ4n) is 1.58. The molecule has 0 aliphatic carbocycles. The Bertz CT molecular complexity index is 118. The van der Waals surface area contributed by atoms with Crippen molar-refractivity contribution in [3.63, 3.8) is 0 Å². The smallest absolute Gasteiger partial charge is 0.0754 e. The van der Waals surface area contributed by atoms with Crippen LogP contribution in [0.1, 0.15) is 58.8 Å². The molecule has 1 atom stereocenters. The van der Waals surface area contributed by atoms with Crippen LogP contribution in [0, 0.1) is 5.92 Å². The zero-order chi connectivity index (χ0) is 9.94. The Labute approximate surface area is 82.9 Å². The third-order valence-electron chi connectivity index (χ3n) is 2.47. The van der Waals surface area contributed by atoms with E-state index in [-0.39, 0.29) is 0 Å². The quantitative estimate of drug-likeness (QED) is 0.436. The summed E-state index contributed by atoms with van der Waals surface area (Å²) in [4.78, 5) is 0. The first-order chi connectivity index (χ1) is 6.35. The van der Waals surface area contributed by atoms with Crippen LogP contribution in [0.3, 0.4) is 0 Å². The monoisotopic (exact) mass is 184 g/mol. The van der Waals surface area contributed by atoms with Gasteiger partial charge in [-0.3, -0.25) is 0 Å². The van der Waals surface area contributed by atoms with Gasteiger partial charge in [0.15, 0.2) is 0 Å². The zero-order valence-electron chi connectivity index (χ0n) is 9.13. The maximum absolute atomic E-state index is 8.71. The molecule has 0 bridgehead atoms. The standard InChI is InChI=1S/C12H24O/c1-3-5-7-9-12(10-11-13)8-6-4-2/h10-13H,3-9H2,1-2H3. The minimum Gasteiger partial charge on any atom is -0.516 e. The third-order valence-corrected chi connectivity index (χ3v) is 2.47. The van der Waals surface area contributed by atoms with Crippen molar-refractivity contribution in [2.24, 2.45) is 5.92 Å². The van der Waals surface area contributed by atoms with Crippen molar-refractivity contribution in [2.45, 2.75) is 58.8 Å². The van der Waals surface area contributed by atoms with Gasteiger partial charge < -0.3 is 5.11 Å². The summed E-state index contributed by atoms with van der Waals surface area (Å²) < 4.78 is 0. The van der Waals surface area contributed by atoms with Gasteiger partial charge in [-0.05, 0) is 24.8 Å². The van der Waals surface area contributed by atoms with E-state index in [2.05, 4.69) is 13.8 Å². The van der Waals surface area contributed by atoms with Crippen LogP contribution in [0.4, 0.5) is 0 Å². The number of hydrogen-bond donors (Lipinski definition) is 1. The molecule has 0 fully saturated rings. The molecule has 0 heterocycles. The highest BCUT2D eigenvalue weighted by Crippen LogP contribution is 2.17. The molecule has 1 nitrogen and oxygen atoms in total. The van der Waals surface area contributed by atoms with Crippen molar-refractivity contribution < 1.29 is 5.11 Å². The fraction of sp³-hybridized carbons (Fsp3) is 0.833. The van der Waals surface area contributed by atoms with E-state index in [1.165, 1.54) is 51.2 Å². The van der Waals surface area contributed by atoms with Gasteiger partial charge in [0.1, 0.15) is 0 Å². The molecule has 0 amide bonds. The highest BCUT2D eigenvalue weighted by molar-refractivity contribution is 4.81. The van der Waals surface area contributed by atoms with Crippen molar-refractivity contribution in [3.8, 4) is 0 Å². The Morgan fingerprint density at radius 3 is 2.15 bits per heavy atom. The molecule has 1 unspecified atom stereocenters. The number of unbranched alkanes of at least 4 members (excludes halogenated alkanes) is 3. The third kappa shape index (κ3) is 7.89. The molecule has 1 heteroatoms. The molecule has 0 aromatic rings. The first-order valence-electron chi connectivity index (χ1n) is 5.66. The van der Waals surface area contributed by atoms with Gasteiger partial charge in [-0.25, -0.2) is 0 Å². The lowest BCUT2D eigenvalue weighted by Gasteiger charge is -2.10. The molecule has 0 aliphatic heterocycles. The van der Waals surface area contributed by atoms with E-state index in [1.807, 2.05) is 6.08 Å². The van der Waals surface area contributed by atoms with Crippen LogP contribution < -0.4 is 0 Å². The van der Waals surface area contributed by atoms with Gasteiger partial charge in [-0.2, -0.15) is 0 Å².